The fraction of sp³-hybridized carbons (Fsp3) is 0.391. The minimum absolute atomic E-state index is 0.0733. The Morgan fingerprint density at radius 2 is 1.79 bits per heavy atom. The Hall–Kier alpha value is -2.34. The van der Waals surface area contributed by atoms with Crippen LogP contribution in [0.15, 0.2) is 59.5 Å². The molecule has 2 rings (SSSR count). The number of unbranched alkanes of at least 4 members (excludes halogenated alkanes) is 1. The summed E-state index contributed by atoms with van der Waals surface area (Å²) in [5, 5.41) is 2.87. The molecule has 4 nitrogen and oxygen atoms in total. The van der Waals surface area contributed by atoms with Crippen molar-refractivity contribution < 1.29 is 14.0 Å². The number of hydrogen-bond acceptors (Lipinski definition) is 3. The average Bonchev–Trinajstić information content (AvgIpc) is 2.73. The second-order valence-corrected chi connectivity index (χ2v) is 8.01. The highest BCUT2D eigenvalue weighted by molar-refractivity contribution is 7.99. The summed E-state index contributed by atoms with van der Waals surface area (Å²) in [6.07, 6.45) is 2.14. The number of halogens is 1. The highest BCUT2D eigenvalue weighted by Crippen LogP contribution is 2.20. The second-order valence-electron chi connectivity index (χ2n) is 6.85. The molecule has 0 aliphatic carbocycles. The maximum absolute atomic E-state index is 14.2. The third-order valence-corrected chi connectivity index (χ3v) is 5.64. The predicted octanol–water partition coefficient (Wildman–Crippen LogP) is 4.64. The van der Waals surface area contributed by atoms with Gasteiger partial charge in [-0.1, -0.05) is 49.7 Å². The molecular weight excluding hydrogens is 387 g/mol. The average molecular weight is 417 g/mol. The first kappa shape index (κ1) is 22.9. The van der Waals surface area contributed by atoms with Gasteiger partial charge >= 0.3 is 0 Å². The molecule has 1 atom stereocenters. The maximum atomic E-state index is 14.2. The molecular formula is C23H29FN2O2S. The summed E-state index contributed by atoms with van der Waals surface area (Å²) in [6.45, 7) is 4.40. The quantitative estimate of drug-likeness (QED) is 0.429. The molecule has 0 radical (unpaired) electrons. The summed E-state index contributed by atoms with van der Waals surface area (Å²) in [4.78, 5) is 28.0. The molecule has 1 N–H and O–H groups in total. The highest BCUT2D eigenvalue weighted by atomic mass is 32.2. The van der Waals surface area contributed by atoms with E-state index in [1.165, 1.54) is 11.0 Å². The van der Waals surface area contributed by atoms with Crippen LogP contribution in [0, 0.1) is 5.82 Å². The van der Waals surface area contributed by atoms with Crippen molar-refractivity contribution in [1.29, 1.82) is 0 Å². The van der Waals surface area contributed by atoms with Crippen molar-refractivity contribution in [2.24, 2.45) is 0 Å². The number of carbonyl (C=O) groups excluding carboxylic acids is 2. The van der Waals surface area contributed by atoms with Crippen LogP contribution in [0.2, 0.25) is 0 Å². The summed E-state index contributed by atoms with van der Waals surface area (Å²) in [5.41, 5.74) is 0.407. The van der Waals surface area contributed by atoms with Gasteiger partial charge in [-0.05, 0) is 31.5 Å². The number of nitrogens with one attached hydrogen (secondary N) is 1. The molecule has 0 aromatic heterocycles. The molecule has 156 valence electrons. The normalized spacial score (nSPS) is 11.7. The zero-order valence-electron chi connectivity index (χ0n) is 17.1. The molecule has 6 heteroatoms. The largest absolute Gasteiger partial charge is 0.354 e. The minimum atomic E-state index is -0.666. The van der Waals surface area contributed by atoms with Crippen LogP contribution in [-0.2, 0) is 16.1 Å². The van der Waals surface area contributed by atoms with E-state index in [2.05, 4.69) is 5.32 Å². The highest BCUT2D eigenvalue weighted by Gasteiger charge is 2.26. The number of nitrogens with zero attached hydrogens (tertiary/aromatic N) is 1. The lowest BCUT2D eigenvalue weighted by atomic mass is 10.1. The summed E-state index contributed by atoms with van der Waals surface area (Å²) >= 11 is 1.59. The van der Waals surface area contributed by atoms with Gasteiger partial charge in [0.05, 0.1) is 0 Å². The summed E-state index contributed by atoms with van der Waals surface area (Å²) in [6, 6.07) is 15.6. The van der Waals surface area contributed by atoms with E-state index in [9.17, 15) is 14.0 Å². The fourth-order valence-electron chi connectivity index (χ4n) is 2.85. The van der Waals surface area contributed by atoms with Crippen LogP contribution >= 0.6 is 11.8 Å². The maximum Gasteiger partial charge on any atom is 0.242 e. The van der Waals surface area contributed by atoms with Crippen LogP contribution in [0.5, 0.6) is 0 Å². The summed E-state index contributed by atoms with van der Waals surface area (Å²) < 4.78 is 14.2. The summed E-state index contributed by atoms with van der Waals surface area (Å²) in [5.74, 6) is -0.142. The lowest BCUT2D eigenvalue weighted by molar-refractivity contribution is -0.140. The molecule has 0 aliphatic rings. The van der Waals surface area contributed by atoms with E-state index in [0.29, 0.717) is 17.9 Å². The lowest BCUT2D eigenvalue weighted by Crippen LogP contribution is -2.48. The van der Waals surface area contributed by atoms with E-state index >= 15 is 0 Å². The van der Waals surface area contributed by atoms with Crippen LogP contribution in [0.25, 0.3) is 0 Å². The number of benzene rings is 2. The van der Waals surface area contributed by atoms with Crippen LogP contribution in [0.1, 0.15) is 38.7 Å². The molecule has 0 saturated heterocycles. The van der Waals surface area contributed by atoms with Crippen molar-refractivity contribution in [3.05, 3.63) is 66.0 Å². The van der Waals surface area contributed by atoms with Crippen molar-refractivity contribution in [2.45, 2.75) is 50.6 Å². The van der Waals surface area contributed by atoms with Crippen molar-refractivity contribution in [3.63, 3.8) is 0 Å². The molecule has 2 aromatic rings. The number of thioether (sulfide) groups is 1. The number of rotatable bonds is 11. The van der Waals surface area contributed by atoms with Gasteiger partial charge in [-0.15, -0.1) is 11.8 Å². The first-order chi connectivity index (χ1) is 14.0. The zero-order chi connectivity index (χ0) is 21.1. The van der Waals surface area contributed by atoms with Gasteiger partial charge in [0.1, 0.15) is 11.9 Å². The first-order valence-electron chi connectivity index (χ1n) is 10.0. The molecule has 0 heterocycles. The second kappa shape index (κ2) is 12.3. The van der Waals surface area contributed by atoms with Gasteiger partial charge in [-0.2, -0.15) is 0 Å². The Kier molecular flexibility index (Phi) is 9.71. The minimum Gasteiger partial charge on any atom is -0.354 e. The van der Waals surface area contributed by atoms with E-state index in [0.717, 1.165) is 17.7 Å². The smallest absolute Gasteiger partial charge is 0.242 e. The van der Waals surface area contributed by atoms with Crippen LogP contribution in [0.4, 0.5) is 4.39 Å². The van der Waals surface area contributed by atoms with E-state index in [4.69, 9.17) is 0 Å². The molecule has 0 aliphatic heterocycles. The molecule has 0 spiro atoms. The molecule has 0 saturated carbocycles. The Balaban J connectivity index is 2.04. The lowest BCUT2D eigenvalue weighted by Gasteiger charge is -2.29. The van der Waals surface area contributed by atoms with E-state index < -0.39 is 6.04 Å². The standard InChI is InChI=1S/C23H29FN2O2S/c1-3-4-15-25-23(28)18(2)26(17-19-10-8-9-13-21(19)24)22(27)14-16-29-20-11-6-5-7-12-20/h5-13,18H,3-4,14-17H2,1-2H3,(H,25,28)/t18-/m1/s1. The Morgan fingerprint density at radius 3 is 2.48 bits per heavy atom. The van der Waals surface area contributed by atoms with E-state index in [1.54, 1.807) is 36.9 Å². The molecule has 29 heavy (non-hydrogen) atoms. The van der Waals surface area contributed by atoms with Crippen LogP contribution < -0.4 is 5.32 Å². The third-order valence-electron chi connectivity index (χ3n) is 4.62. The molecule has 0 fully saturated rings. The molecule has 2 aromatic carbocycles. The third kappa shape index (κ3) is 7.54. The van der Waals surface area contributed by atoms with Crippen molar-refractivity contribution >= 4 is 23.6 Å². The Bertz CT molecular complexity index is 785. The van der Waals surface area contributed by atoms with Crippen molar-refractivity contribution in [2.75, 3.05) is 12.3 Å². The van der Waals surface area contributed by atoms with Gasteiger partial charge in [-0.3, -0.25) is 9.59 Å². The van der Waals surface area contributed by atoms with Gasteiger partial charge in [0, 0.05) is 35.7 Å². The topological polar surface area (TPSA) is 49.4 Å². The predicted molar refractivity (Wildman–Crippen MR) is 116 cm³/mol. The molecule has 0 bridgehead atoms. The van der Waals surface area contributed by atoms with Gasteiger partial charge in [0.15, 0.2) is 0 Å². The number of amides is 2. The first-order valence-corrected chi connectivity index (χ1v) is 11.0. The Labute approximate surface area is 176 Å². The van der Waals surface area contributed by atoms with Crippen molar-refractivity contribution in [3.8, 4) is 0 Å². The van der Waals surface area contributed by atoms with Crippen LogP contribution in [0.3, 0.4) is 0 Å². The van der Waals surface area contributed by atoms with E-state index in [-0.39, 0.29) is 30.6 Å². The van der Waals surface area contributed by atoms with Gasteiger partial charge in [-0.25, -0.2) is 4.39 Å². The number of hydrogen-bond donors (Lipinski definition) is 1. The van der Waals surface area contributed by atoms with Crippen LogP contribution in [-0.4, -0.2) is 35.1 Å². The van der Waals surface area contributed by atoms with Gasteiger partial charge < -0.3 is 10.2 Å². The van der Waals surface area contributed by atoms with Crippen molar-refractivity contribution in [1.82, 2.24) is 10.2 Å². The van der Waals surface area contributed by atoms with Gasteiger partial charge in [0.25, 0.3) is 0 Å². The molecule has 2 amide bonds. The zero-order valence-corrected chi connectivity index (χ0v) is 17.9. The monoisotopic (exact) mass is 416 g/mol. The van der Waals surface area contributed by atoms with E-state index in [1.807, 2.05) is 37.3 Å². The fourth-order valence-corrected chi connectivity index (χ4v) is 3.71. The summed E-state index contributed by atoms with van der Waals surface area (Å²) in [7, 11) is 0. The SMILES string of the molecule is CCCCNC(=O)[C@@H](C)N(Cc1ccccc1F)C(=O)CCSc1ccccc1. The Morgan fingerprint density at radius 1 is 1.10 bits per heavy atom. The van der Waals surface area contributed by atoms with Gasteiger partial charge in [0.2, 0.25) is 11.8 Å². The molecule has 0 unspecified atom stereocenters. The number of carbonyl (C=O) groups is 2.